The third-order valence-corrected chi connectivity index (χ3v) is 3.01. The van der Waals surface area contributed by atoms with Gasteiger partial charge in [-0.25, -0.2) is 4.68 Å². The van der Waals surface area contributed by atoms with E-state index in [1.54, 1.807) is 12.3 Å². The summed E-state index contributed by atoms with van der Waals surface area (Å²) in [5.74, 6) is 0.654. The molecule has 0 aliphatic heterocycles. The number of aromatic nitrogens is 3. The van der Waals surface area contributed by atoms with Crippen molar-refractivity contribution in [3.8, 4) is 0 Å². The van der Waals surface area contributed by atoms with E-state index in [-0.39, 0.29) is 18.7 Å². The molecule has 0 atom stereocenters. The quantitative estimate of drug-likeness (QED) is 0.839. The Kier molecular flexibility index (Phi) is 4.11. The van der Waals surface area contributed by atoms with Crippen molar-refractivity contribution in [3.63, 3.8) is 0 Å². The van der Waals surface area contributed by atoms with Gasteiger partial charge in [-0.3, -0.25) is 4.79 Å². The Hall–Kier alpha value is -1.67. The van der Waals surface area contributed by atoms with E-state index in [1.807, 2.05) is 0 Å². The molecule has 2 N–H and O–H groups in total. The van der Waals surface area contributed by atoms with Crippen LogP contribution in [0.5, 0.6) is 0 Å². The number of nitrogens with one attached hydrogen (secondary N) is 1. The lowest BCUT2D eigenvalue weighted by molar-refractivity contribution is 0.266. The topological polar surface area (TPSA) is 93.2 Å². The second-order valence-electron chi connectivity index (χ2n) is 3.46. The van der Waals surface area contributed by atoms with Crippen molar-refractivity contribution in [2.24, 2.45) is 0 Å². The number of halogens is 1. The minimum atomic E-state index is -0.299. The van der Waals surface area contributed by atoms with E-state index in [1.165, 1.54) is 10.9 Å². The lowest BCUT2D eigenvalue weighted by atomic mass is 10.4. The van der Waals surface area contributed by atoms with Crippen LogP contribution in [-0.4, -0.2) is 26.7 Å². The normalized spacial score (nSPS) is 10.6. The number of hydrogen-bond acceptors (Lipinski definition) is 6. The maximum Gasteiger partial charge on any atom is 0.283 e. The average Bonchev–Trinajstić information content (AvgIpc) is 2.87. The SMILES string of the molecule is O=c1c(Br)c(NCc2ccno2)cnn1CCO. The largest absolute Gasteiger partial charge is 0.394 e. The van der Waals surface area contributed by atoms with Gasteiger partial charge in [-0.1, -0.05) is 5.16 Å². The molecule has 0 aliphatic carbocycles. The molecule has 0 bridgehead atoms. The van der Waals surface area contributed by atoms with Crippen LogP contribution in [0, 0.1) is 0 Å². The molecule has 0 radical (unpaired) electrons. The van der Waals surface area contributed by atoms with Gasteiger partial charge in [-0.2, -0.15) is 5.10 Å². The number of aliphatic hydroxyl groups is 1. The molecule has 0 saturated carbocycles. The zero-order valence-electron chi connectivity index (χ0n) is 9.34. The summed E-state index contributed by atoms with van der Waals surface area (Å²) in [5, 5.41) is 19.3. The fourth-order valence-electron chi connectivity index (χ4n) is 1.36. The lowest BCUT2D eigenvalue weighted by Crippen LogP contribution is -2.25. The van der Waals surface area contributed by atoms with E-state index in [0.717, 1.165) is 0 Å². The molecule has 0 unspecified atom stereocenters. The third kappa shape index (κ3) is 2.77. The van der Waals surface area contributed by atoms with Crippen molar-refractivity contribution >= 4 is 21.6 Å². The van der Waals surface area contributed by atoms with Crippen molar-refractivity contribution in [2.75, 3.05) is 11.9 Å². The van der Waals surface area contributed by atoms with Crippen LogP contribution in [-0.2, 0) is 13.1 Å². The van der Waals surface area contributed by atoms with Crippen LogP contribution in [0.2, 0.25) is 0 Å². The fraction of sp³-hybridized carbons (Fsp3) is 0.300. The Morgan fingerprint density at radius 1 is 1.56 bits per heavy atom. The predicted molar refractivity (Wildman–Crippen MR) is 67.1 cm³/mol. The molecule has 2 heterocycles. The van der Waals surface area contributed by atoms with Crippen LogP contribution < -0.4 is 10.9 Å². The molecule has 0 saturated heterocycles. The van der Waals surface area contributed by atoms with Gasteiger partial charge in [0.1, 0.15) is 4.47 Å². The van der Waals surface area contributed by atoms with E-state index >= 15 is 0 Å². The monoisotopic (exact) mass is 314 g/mol. The third-order valence-electron chi connectivity index (χ3n) is 2.24. The summed E-state index contributed by atoms with van der Waals surface area (Å²) < 4.78 is 6.47. The molecule has 0 spiro atoms. The average molecular weight is 315 g/mol. The standard InChI is InChI=1S/C10H11BrN4O3/c11-9-8(12-5-7-1-2-14-18-7)6-13-15(3-4-16)10(9)17/h1-2,6,12,16H,3-5H2. The molecular weight excluding hydrogens is 304 g/mol. The van der Waals surface area contributed by atoms with Crippen LogP contribution >= 0.6 is 15.9 Å². The van der Waals surface area contributed by atoms with Crippen molar-refractivity contribution in [3.05, 3.63) is 39.0 Å². The minimum Gasteiger partial charge on any atom is -0.394 e. The molecule has 0 amide bonds. The summed E-state index contributed by atoms with van der Waals surface area (Å²) >= 11 is 3.20. The van der Waals surface area contributed by atoms with Gasteiger partial charge in [-0.05, 0) is 15.9 Å². The first kappa shape index (κ1) is 12.8. The Labute approximate surface area is 111 Å². The molecule has 0 fully saturated rings. The Balaban J connectivity index is 2.14. The van der Waals surface area contributed by atoms with Gasteiger partial charge >= 0.3 is 0 Å². The molecule has 18 heavy (non-hydrogen) atoms. The van der Waals surface area contributed by atoms with E-state index in [0.29, 0.717) is 22.5 Å². The summed E-state index contributed by atoms with van der Waals surface area (Å²) in [5.41, 5.74) is 0.261. The molecule has 2 aromatic rings. The Morgan fingerprint density at radius 2 is 2.39 bits per heavy atom. The van der Waals surface area contributed by atoms with Gasteiger partial charge < -0.3 is 14.9 Å². The molecule has 8 heteroatoms. The first-order valence-corrected chi connectivity index (χ1v) is 6.01. The van der Waals surface area contributed by atoms with Crippen LogP contribution in [0.15, 0.2) is 32.3 Å². The Bertz CT molecular complexity index is 567. The maximum atomic E-state index is 11.8. The summed E-state index contributed by atoms with van der Waals surface area (Å²) in [7, 11) is 0. The first-order chi connectivity index (χ1) is 8.72. The fourth-order valence-corrected chi connectivity index (χ4v) is 1.81. The van der Waals surface area contributed by atoms with E-state index in [4.69, 9.17) is 9.63 Å². The molecule has 7 nitrogen and oxygen atoms in total. The highest BCUT2D eigenvalue weighted by Crippen LogP contribution is 2.16. The summed E-state index contributed by atoms with van der Waals surface area (Å²) in [6.07, 6.45) is 3.06. The molecule has 0 aliphatic rings. The highest BCUT2D eigenvalue weighted by Gasteiger charge is 2.08. The van der Waals surface area contributed by atoms with Gasteiger partial charge in [0.2, 0.25) is 0 Å². The van der Waals surface area contributed by atoms with Gasteiger partial charge in [0, 0.05) is 6.07 Å². The van der Waals surface area contributed by atoms with Crippen LogP contribution in [0.4, 0.5) is 5.69 Å². The van der Waals surface area contributed by atoms with Crippen molar-refractivity contribution in [2.45, 2.75) is 13.1 Å². The zero-order chi connectivity index (χ0) is 13.0. The first-order valence-electron chi connectivity index (χ1n) is 5.22. The molecule has 2 aromatic heterocycles. The molecule has 2 rings (SSSR count). The van der Waals surface area contributed by atoms with Gasteiger partial charge in [-0.15, -0.1) is 0 Å². The highest BCUT2D eigenvalue weighted by atomic mass is 79.9. The van der Waals surface area contributed by atoms with E-state index < -0.39 is 0 Å². The second-order valence-corrected chi connectivity index (χ2v) is 4.25. The maximum absolute atomic E-state index is 11.8. The number of nitrogens with zero attached hydrogens (tertiary/aromatic N) is 3. The van der Waals surface area contributed by atoms with E-state index in [9.17, 15) is 4.79 Å². The predicted octanol–water partition coefficient (Wildman–Crippen LogP) is 0.598. The summed E-state index contributed by atoms with van der Waals surface area (Å²) in [6, 6.07) is 1.72. The summed E-state index contributed by atoms with van der Waals surface area (Å²) in [6.45, 7) is 0.438. The number of hydrogen-bond donors (Lipinski definition) is 2. The molecule has 96 valence electrons. The Morgan fingerprint density at radius 3 is 3.06 bits per heavy atom. The number of rotatable bonds is 5. The van der Waals surface area contributed by atoms with Crippen molar-refractivity contribution in [1.29, 1.82) is 0 Å². The molecule has 0 aromatic carbocycles. The van der Waals surface area contributed by atoms with Crippen LogP contribution in [0.1, 0.15) is 5.76 Å². The van der Waals surface area contributed by atoms with Crippen LogP contribution in [0.3, 0.4) is 0 Å². The van der Waals surface area contributed by atoms with Crippen molar-refractivity contribution < 1.29 is 9.63 Å². The van der Waals surface area contributed by atoms with Crippen molar-refractivity contribution in [1.82, 2.24) is 14.9 Å². The lowest BCUT2D eigenvalue weighted by Gasteiger charge is -2.08. The van der Waals surface area contributed by atoms with Gasteiger partial charge in [0.25, 0.3) is 5.56 Å². The molecular formula is C10H11BrN4O3. The zero-order valence-corrected chi connectivity index (χ0v) is 10.9. The number of aliphatic hydroxyl groups excluding tert-OH is 1. The van der Waals surface area contributed by atoms with Gasteiger partial charge in [0.05, 0.1) is 37.8 Å². The highest BCUT2D eigenvalue weighted by molar-refractivity contribution is 9.10. The smallest absolute Gasteiger partial charge is 0.283 e. The number of anilines is 1. The summed E-state index contributed by atoms with van der Waals surface area (Å²) in [4.78, 5) is 11.8. The van der Waals surface area contributed by atoms with E-state index in [2.05, 4.69) is 31.5 Å². The second kappa shape index (κ2) is 5.78. The van der Waals surface area contributed by atoms with Crippen LogP contribution in [0.25, 0.3) is 0 Å². The van der Waals surface area contributed by atoms with Gasteiger partial charge in [0.15, 0.2) is 5.76 Å². The minimum absolute atomic E-state index is 0.135.